The number of ether oxygens (including phenoxy) is 1. The van der Waals surface area contributed by atoms with Crippen LogP contribution in [0.5, 0.6) is 5.75 Å². The van der Waals surface area contributed by atoms with Crippen molar-refractivity contribution in [2.45, 2.75) is 25.3 Å². The SMILES string of the molecule is O=C(CCOc1ccccc1)NC1CCN(C(=O)c2ccccn2)CC1. The maximum atomic E-state index is 12.4. The monoisotopic (exact) mass is 353 g/mol. The Balaban J connectivity index is 1.37. The highest BCUT2D eigenvalue weighted by molar-refractivity contribution is 5.92. The van der Waals surface area contributed by atoms with Crippen LogP contribution < -0.4 is 10.1 Å². The van der Waals surface area contributed by atoms with Crippen molar-refractivity contribution in [3.05, 3.63) is 60.4 Å². The first-order chi connectivity index (χ1) is 12.7. The van der Waals surface area contributed by atoms with Gasteiger partial charge in [-0.1, -0.05) is 24.3 Å². The second-order valence-electron chi connectivity index (χ2n) is 6.26. The van der Waals surface area contributed by atoms with Crippen molar-refractivity contribution < 1.29 is 14.3 Å². The lowest BCUT2D eigenvalue weighted by molar-refractivity contribution is -0.122. The summed E-state index contributed by atoms with van der Waals surface area (Å²) >= 11 is 0. The molecule has 2 amide bonds. The van der Waals surface area contributed by atoms with Crippen molar-refractivity contribution in [2.75, 3.05) is 19.7 Å². The molecule has 1 saturated heterocycles. The maximum Gasteiger partial charge on any atom is 0.272 e. The molecule has 1 N–H and O–H groups in total. The first kappa shape index (κ1) is 17.9. The minimum Gasteiger partial charge on any atom is -0.493 e. The van der Waals surface area contributed by atoms with Gasteiger partial charge in [0.05, 0.1) is 13.0 Å². The van der Waals surface area contributed by atoms with Gasteiger partial charge in [0.15, 0.2) is 0 Å². The van der Waals surface area contributed by atoms with E-state index in [-0.39, 0.29) is 17.9 Å². The number of piperidine rings is 1. The van der Waals surface area contributed by atoms with Gasteiger partial charge in [0.25, 0.3) is 5.91 Å². The zero-order valence-corrected chi connectivity index (χ0v) is 14.6. The zero-order chi connectivity index (χ0) is 18.2. The highest BCUT2D eigenvalue weighted by Gasteiger charge is 2.25. The minimum atomic E-state index is -0.0494. The smallest absolute Gasteiger partial charge is 0.272 e. The average molecular weight is 353 g/mol. The Morgan fingerprint density at radius 3 is 2.50 bits per heavy atom. The summed E-state index contributed by atoms with van der Waals surface area (Å²) in [5.74, 6) is 0.698. The highest BCUT2D eigenvalue weighted by Crippen LogP contribution is 2.13. The van der Waals surface area contributed by atoms with Crippen LogP contribution in [0, 0.1) is 0 Å². The van der Waals surface area contributed by atoms with Crippen molar-refractivity contribution in [1.82, 2.24) is 15.2 Å². The van der Waals surface area contributed by atoms with Crippen LogP contribution in [0.4, 0.5) is 0 Å². The average Bonchev–Trinajstić information content (AvgIpc) is 2.69. The summed E-state index contributed by atoms with van der Waals surface area (Å²) in [7, 11) is 0. The molecule has 0 spiro atoms. The summed E-state index contributed by atoms with van der Waals surface area (Å²) in [5, 5.41) is 3.03. The number of rotatable bonds is 6. The molecule has 2 aromatic rings. The van der Waals surface area contributed by atoms with Gasteiger partial charge in [-0.05, 0) is 37.1 Å². The van der Waals surface area contributed by atoms with Crippen molar-refractivity contribution >= 4 is 11.8 Å². The van der Waals surface area contributed by atoms with E-state index in [9.17, 15) is 9.59 Å². The number of benzene rings is 1. The number of amides is 2. The number of carbonyl (C=O) groups excluding carboxylic acids is 2. The lowest BCUT2D eigenvalue weighted by Gasteiger charge is -2.32. The van der Waals surface area contributed by atoms with E-state index in [1.807, 2.05) is 36.4 Å². The number of pyridine rings is 1. The van der Waals surface area contributed by atoms with Gasteiger partial charge in [0, 0.05) is 25.3 Å². The second-order valence-corrected chi connectivity index (χ2v) is 6.26. The predicted molar refractivity (Wildman–Crippen MR) is 97.9 cm³/mol. The predicted octanol–water partition coefficient (Wildman–Crippen LogP) is 2.27. The fraction of sp³-hybridized carbons (Fsp3) is 0.350. The molecule has 3 rings (SSSR count). The van der Waals surface area contributed by atoms with Crippen LogP contribution in [-0.2, 0) is 4.79 Å². The molecule has 0 atom stereocenters. The topological polar surface area (TPSA) is 71.5 Å². The summed E-state index contributed by atoms with van der Waals surface area (Å²) in [4.78, 5) is 30.3. The summed E-state index contributed by atoms with van der Waals surface area (Å²) in [6.45, 7) is 1.61. The highest BCUT2D eigenvalue weighted by atomic mass is 16.5. The van der Waals surface area contributed by atoms with Crippen LogP contribution in [0.25, 0.3) is 0 Å². The van der Waals surface area contributed by atoms with Gasteiger partial charge in [-0.3, -0.25) is 14.6 Å². The molecule has 0 saturated carbocycles. The third kappa shape index (κ3) is 5.05. The van der Waals surface area contributed by atoms with Gasteiger partial charge in [-0.25, -0.2) is 0 Å². The molecule has 1 aromatic heterocycles. The Bertz CT molecular complexity index is 714. The molecule has 2 heterocycles. The molecule has 1 fully saturated rings. The number of para-hydroxylation sites is 1. The number of nitrogens with one attached hydrogen (secondary N) is 1. The Morgan fingerprint density at radius 1 is 1.08 bits per heavy atom. The van der Waals surface area contributed by atoms with E-state index in [0.29, 0.717) is 31.8 Å². The molecule has 1 aromatic carbocycles. The molecule has 136 valence electrons. The van der Waals surface area contributed by atoms with E-state index in [0.717, 1.165) is 18.6 Å². The standard InChI is InChI=1S/C20H23N3O3/c24-19(11-15-26-17-6-2-1-3-7-17)22-16-9-13-23(14-10-16)20(25)18-8-4-5-12-21-18/h1-8,12,16H,9-11,13-15H2,(H,22,24). The van der Waals surface area contributed by atoms with Crippen LogP contribution in [-0.4, -0.2) is 47.4 Å². The van der Waals surface area contributed by atoms with E-state index in [2.05, 4.69) is 10.3 Å². The number of aromatic nitrogens is 1. The van der Waals surface area contributed by atoms with Gasteiger partial charge in [-0.2, -0.15) is 0 Å². The molecule has 0 unspecified atom stereocenters. The molecular formula is C20H23N3O3. The molecule has 6 nitrogen and oxygen atoms in total. The Kier molecular flexibility index (Phi) is 6.19. The van der Waals surface area contributed by atoms with Crippen LogP contribution in [0.2, 0.25) is 0 Å². The van der Waals surface area contributed by atoms with Gasteiger partial charge >= 0.3 is 0 Å². The molecule has 1 aliphatic heterocycles. The third-order valence-electron chi connectivity index (χ3n) is 4.37. The van der Waals surface area contributed by atoms with E-state index in [1.165, 1.54) is 0 Å². The Labute approximate surface area is 153 Å². The number of nitrogens with zero attached hydrogens (tertiary/aromatic N) is 2. The van der Waals surface area contributed by atoms with Crippen LogP contribution in [0.3, 0.4) is 0 Å². The number of hydrogen-bond acceptors (Lipinski definition) is 4. The van der Waals surface area contributed by atoms with E-state index >= 15 is 0 Å². The first-order valence-electron chi connectivity index (χ1n) is 8.90. The largest absolute Gasteiger partial charge is 0.493 e. The Hall–Kier alpha value is -2.89. The van der Waals surface area contributed by atoms with Crippen LogP contribution in [0.15, 0.2) is 54.7 Å². The van der Waals surface area contributed by atoms with Crippen LogP contribution >= 0.6 is 0 Å². The first-order valence-corrected chi connectivity index (χ1v) is 8.90. The number of hydrogen-bond donors (Lipinski definition) is 1. The van der Waals surface area contributed by atoms with Crippen molar-refractivity contribution in [1.29, 1.82) is 0 Å². The number of carbonyl (C=O) groups is 2. The quantitative estimate of drug-likeness (QED) is 0.865. The van der Waals surface area contributed by atoms with Crippen molar-refractivity contribution in [3.63, 3.8) is 0 Å². The molecular weight excluding hydrogens is 330 g/mol. The minimum absolute atomic E-state index is 0.0181. The van der Waals surface area contributed by atoms with Gasteiger partial charge in [0.1, 0.15) is 11.4 Å². The fourth-order valence-electron chi connectivity index (χ4n) is 2.96. The van der Waals surface area contributed by atoms with Crippen molar-refractivity contribution in [3.8, 4) is 5.75 Å². The van der Waals surface area contributed by atoms with E-state index < -0.39 is 0 Å². The molecule has 0 aliphatic carbocycles. The van der Waals surface area contributed by atoms with E-state index in [4.69, 9.17) is 4.74 Å². The van der Waals surface area contributed by atoms with E-state index in [1.54, 1.807) is 23.2 Å². The molecule has 1 aliphatic rings. The summed E-state index contributed by atoms with van der Waals surface area (Å²) in [6, 6.07) is 14.9. The zero-order valence-electron chi connectivity index (χ0n) is 14.6. The number of likely N-dealkylation sites (tertiary alicyclic amines) is 1. The molecule has 26 heavy (non-hydrogen) atoms. The lowest BCUT2D eigenvalue weighted by atomic mass is 10.0. The third-order valence-corrected chi connectivity index (χ3v) is 4.37. The second kappa shape index (κ2) is 8.99. The molecule has 0 radical (unpaired) electrons. The summed E-state index contributed by atoms with van der Waals surface area (Å²) in [6.07, 6.45) is 3.45. The van der Waals surface area contributed by atoms with Gasteiger partial charge in [-0.15, -0.1) is 0 Å². The normalized spacial score (nSPS) is 14.7. The maximum absolute atomic E-state index is 12.4. The summed E-state index contributed by atoms with van der Waals surface area (Å²) in [5.41, 5.74) is 0.466. The molecule has 0 bridgehead atoms. The summed E-state index contributed by atoms with van der Waals surface area (Å²) < 4.78 is 5.54. The fourth-order valence-corrected chi connectivity index (χ4v) is 2.96. The van der Waals surface area contributed by atoms with Crippen molar-refractivity contribution in [2.24, 2.45) is 0 Å². The van der Waals surface area contributed by atoms with Gasteiger partial charge in [0.2, 0.25) is 5.91 Å². The Morgan fingerprint density at radius 2 is 1.81 bits per heavy atom. The van der Waals surface area contributed by atoms with Gasteiger partial charge < -0.3 is 15.0 Å². The lowest BCUT2D eigenvalue weighted by Crippen LogP contribution is -2.46. The van der Waals surface area contributed by atoms with Crippen LogP contribution in [0.1, 0.15) is 29.8 Å². The molecule has 6 heteroatoms.